The average Bonchev–Trinajstić information content (AvgIpc) is 3.25. The van der Waals surface area contributed by atoms with E-state index in [1.54, 1.807) is 0 Å². The van der Waals surface area contributed by atoms with Gasteiger partial charge >= 0.3 is 6.09 Å². The first kappa shape index (κ1) is 24.1. The number of rotatable bonds is 9. The standard InChI is InChI=1S/C31H28N2O4/c32-30(34)29(18-21-14-16-23(17-15-21)36-19-22-8-2-1-3-9-22)33-31(35)37-20-28-26-12-6-4-10-24(26)25-11-5-7-13-27(25)28/h1-17,28-29H,18-20H2,(H2,32,34)(H,33,35)/t29-/m0/s1. The maximum Gasteiger partial charge on any atom is 0.407 e. The van der Waals surface area contributed by atoms with Crippen LogP contribution in [0.1, 0.15) is 28.2 Å². The number of ether oxygens (including phenoxy) is 2. The second-order valence-electron chi connectivity index (χ2n) is 9.05. The molecular weight excluding hydrogens is 464 g/mol. The summed E-state index contributed by atoms with van der Waals surface area (Å²) >= 11 is 0. The normalized spacial score (nSPS) is 12.8. The third-order valence-corrected chi connectivity index (χ3v) is 6.59. The number of benzene rings is 4. The van der Waals surface area contributed by atoms with Crippen LogP contribution in [0.5, 0.6) is 5.75 Å². The number of hydrogen-bond donors (Lipinski definition) is 2. The van der Waals surface area contributed by atoms with Crippen LogP contribution >= 0.6 is 0 Å². The van der Waals surface area contributed by atoms with Crippen molar-refractivity contribution in [1.29, 1.82) is 0 Å². The van der Waals surface area contributed by atoms with Crippen LogP contribution in [0.25, 0.3) is 11.1 Å². The number of nitrogens with one attached hydrogen (secondary N) is 1. The molecule has 6 heteroatoms. The van der Waals surface area contributed by atoms with Crippen molar-refractivity contribution in [2.24, 2.45) is 5.73 Å². The highest BCUT2D eigenvalue weighted by Crippen LogP contribution is 2.44. The maximum absolute atomic E-state index is 12.6. The van der Waals surface area contributed by atoms with E-state index in [1.165, 1.54) is 0 Å². The van der Waals surface area contributed by atoms with E-state index in [4.69, 9.17) is 15.2 Å². The van der Waals surface area contributed by atoms with E-state index in [1.807, 2.05) is 78.9 Å². The van der Waals surface area contributed by atoms with E-state index in [0.29, 0.717) is 12.4 Å². The molecule has 4 aromatic rings. The van der Waals surface area contributed by atoms with Crippen molar-refractivity contribution in [3.8, 4) is 16.9 Å². The number of alkyl carbamates (subject to hydrolysis) is 1. The van der Waals surface area contributed by atoms with E-state index in [0.717, 1.165) is 33.4 Å². The molecule has 186 valence electrons. The predicted molar refractivity (Wildman–Crippen MR) is 142 cm³/mol. The molecule has 0 unspecified atom stereocenters. The molecule has 1 aliphatic carbocycles. The van der Waals surface area contributed by atoms with Gasteiger partial charge in [0, 0.05) is 12.3 Å². The number of primary amides is 1. The minimum atomic E-state index is -0.897. The fourth-order valence-electron chi connectivity index (χ4n) is 4.70. The quantitative estimate of drug-likeness (QED) is 0.336. The summed E-state index contributed by atoms with van der Waals surface area (Å²) in [5.41, 5.74) is 12.1. The van der Waals surface area contributed by atoms with Crippen LogP contribution in [0.15, 0.2) is 103 Å². The molecule has 0 saturated heterocycles. The van der Waals surface area contributed by atoms with Crippen molar-refractivity contribution in [3.63, 3.8) is 0 Å². The van der Waals surface area contributed by atoms with Crippen LogP contribution in [-0.2, 0) is 22.6 Å². The van der Waals surface area contributed by atoms with Gasteiger partial charge in [-0.3, -0.25) is 4.79 Å². The molecule has 2 amide bonds. The SMILES string of the molecule is NC(=O)[C@H](Cc1ccc(OCc2ccccc2)cc1)NC(=O)OCC1c2ccccc2-c2ccccc21. The van der Waals surface area contributed by atoms with Crippen molar-refractivity contribution < 1.29 is 19.1 Å². The summed E-state index contributed by atoms with van der Waals surface area (Å²) in [5, 5.41) is 2.63. The zero-order valence-corrected chi connectivity index (χ0v) is 20.3. The Morgan fingerprint density at radius 2 is 1.35 bits per heavy atom. The molecule has 0 bridgehead atoms. The van der Waals surface area contributed by atoms with Crippen LogP contribution in [0.3, 0.4) is 0 Å². The van der Waals surface area contributed by atoms with Crippen molar-refractivity contribution in [2.75, 3.05) is 6.61 Å². The smallest absolute Gasteiger partial charge is 0.407 e. The molecule has 0 radical (unpaired) electrons. The van der Waals surface area contributed by atoms with Crippen molar-refractivity contribution in [3.05, 3.63) is 125 Å². The molecule has 0 aliphatic heterocycles. The molecule has 1 aliphatic rings. The zero-order chi connectivity index (χ0) is 25.6. The fourth-order valence-corrected chi connectivity index (χ4v) is 4.70. The molecule has 3 N–H and O–H groups in total. The number of carbonyl (C=O) groups excluding carboxylic acids is 2. The van der Waals surface area contributed by atoms with Gasteiger partial charge < -0.3 is 20.5 Å². The minimum absolute atomic E-state index is 0.0615. The topological polar surface area (TPSA) is 90.7 Å². The molecule has 5 rings (SSSR count). The minimum Gasteiger partial charge on any atom is -0.489 e. The van der Waals surface area contributed by atoms with Gasteiger partial charge in [0.25, 0.3) is 0 Å². The molecular formula is C31H28N2O4. The lowest BCUT2D eigenvalue weighted by Gasteiger charge is -2.18. The van der Waals surface area contributed by atoms with Gasteiger partial charge in [0.05, 0.1) is 0 Å². The summed E-state index contributed by atoms with van der Waals surface area (Å²) in [5.74, 6) is 0.0271. The monoisotopic (exact) mass is 492 g/mol. The Balaban J connectivity index is 1.17. The zero-order valence-electron chi connectivity index (χ0n) is 20.3. The highest BCUT2D eigenvalue weighted by molar-refractivity contribution is 5.84. The first-order valence-electron chi connectivity index (χ1n) is 12.2. The summed E-state index contributed by atoms with van der Waals surface area (Å²) in [4.78, 5) is 24.7. The second kappa shape index (κ2) is 11.0. The third kappa shape index (κ3) is 5.64. The second-order valence-corrected chi connectivity index (χ2v) is 9.05. The average molecular weight is 493 g/mol. The summed E-state index contributed by atoms with van der Waals surface area (Å²) < 4.78 is 11.4. The Bertz CT molecular complexity index is 1340. The molecule has 37 heavy (non-hydrogen) atoms. The van der Waals surface area contributed by atoms with Gasteiger partial charge in [-0.25, -0.2) is 4.79 Å². The molecule has 0 heterocycles. The Morgan fingerprint density at radius 3 is 1.97 bits per heavy atom. The van der Waals surface area contributed by atoms with Crippen molar-refractivity contribution in [2.45, 2.75) is 25.0 Å². The van der Waals surface area contributed by atoms with Gasteiger partial charge in [0.1, 0.15) is 25.0 Å². The lowest BCUT2D eigenvalue weighted by atomic mass is 9.98. The van der Waals surface area contributed by atoms with Crippen LogP contribution in [-0.4, -0.2) is 24.6 Å². The van der Waals surface area contributed by atoms with Crippen LogP contribution < -0.4 is 15.8 Å². The highest BCUT2D eigenvalue weighted by Gasteiger charge is 2.29. The lowest BCUT2D eigenvalue weighted by Crippen LogP contribution is -2.46. The molecule has 0 aromatic heterocycles. The first-order chi connectivity index (χ1) is 18.1. The molecule has 1 atom stereocenters. The fraction of sp³-hybridized carbons (Fsp3) is 0.161. The van der Waals surface area contributed by atoms with Crippen molar-refractivity contribution >= 4 is 12.0 Å². The van der Waals surface area contributed by atoms with E-state index >= 15 is 0 Å². The number of amides is 2. The van der Waals surface area contributed by atoms with E-state index in [2.05, 4.69) is 29.6 Å². The molecule has 0 spiro atoms. The van der Waals surface area contributed by atoms with Crippen LogP contribution in [0, 0.1) is 0 Å². The van der Waals surface area contributed by atoms with Crippen LogP contribution in [0.4, 0.5) is 4.79 Å². The first-order valence-corrected chi connectivity index (χ1v) is 12.2. The lowest BCUT2D eigenvalue weighted by molar-refractivity contribution is -0.119. The molecule has 0 fully saturated rings. The largest absolute Gasteiger partial charge is 0.489 e. The highest BCUT2D eigenvalue weighted by atomic mass is 16.5. The van der Waals surface area contributed by atoms with E-state index in [-0.39, 0.29) is 18.9 Å². The number of hydrogen-bond acceptors (Lipinski definition) is 4. The van der Waals surface area contributed by atoms with Gasteiger partial charge in [-0.05, 0) is 45.5 Å². The summed E-state index contributed by atoms with van der Waals surface area (Å²) in [6, 6.07) is 32.6. The predicted octanol–water partition coefficient (Wildman–Crippen LogP) is 5.20. The number of carbonyl (C=O) groups is 2. The van der Waals surface area contributed by atoms with Gasteiger partial charge in [-0.1, -0.05) is 91.0 Å². The summed E-state index contributed by atoms with van der Waals surface area (Å²) in [7, 11) is 0. The number of nitrogens with two attached hydrogens (primary N) is 1. The maximum atomic E-state index is 12.6. The van der Waals surface area contributed by atoms with Gasteiger partial charge in [-0.2, -0.15) is 0 Å². The molecule has 6 nitrogen and oxygen atoms in total. The van der Waals surface area contributed by atoms with Gasteiger partial charge in [0.2, 0.25) is 5.91 Å². The Kier molecular flexibility index (Phi) is 7.17. The Morgan fingerprint density at radius 1 is 0.757 bits per heavy atom. The Hall–Kier alpha value is -4.58. The summed E-state index contributed by atoms with van der Waals surface area (Å²) in [6.45, 7) is 0.631. The van der Waals surface area contributed by atoms with Gasteiger partial charge in [-0.15, -0.1) is 0 Å². The van der Waals surface area contributed by atoms with E-state index in [9.17, 15) is 9.59 Å². The molecule has 0 saturated carbocycles. The number of fused-ring (bicyclic) bond motifs is 3. The Labute approximate surface area is 216 Å². The van der Waals surface area contributed by atoms with Gasteiger partial charge in [0.15, 0.2) is 0 Å². The summed E-state index contributed by atoms with van der Waals surface area (Å²) in [6.07, 6.45) is -0.424. The van der Waals surface area contributed by atoms with E-state index < -0.39 is 18.0 Å². The molecule has 4 aromatic carbocycles. The third-order valence-electron chi connectivity index (χ3n) is 6.59. The van der Waals surface area contributed by atoms with Crippen molar-refractivity contribution in [1.82, 2.24) is 5.32 Å². The van der Waals surface area contributed by atoms with Crippen LogP contribution in [0.2, 0.25) is 0 Å².